The third kappa shape index (κ3) is 2.42. The molecule has 0 aliphatic rings. The van der Waals surface area contributed by atoms with Gasteiger partial charge in [0.05, 0.1) is 5.56 Å². The van der Waals surface area contributed by atoms with Crippen molar-refractivity contribution in [2.45, 2.75) is 0 Å². The molecule has 0 saturated carbocycles. The van der Waals surface area contributed by atoms with E-state index in [2.05, 4.69) is 0 Å². The van der Waals surface area contributed by atoms with Gasteiger partial charge in [-0.1, -0.05) is 12.1 Å². The number of carboxylic acid groups (broad SMARTS) is 1. The summed E-state index contributed by atoms with van der Waals surface area (Å²) in [6.07, 6.45) is 0. The summed E-state index contributed by atoms with van der Waals surface area (Å²) in [4.78, 5) is 10.8. The first-order valence-electron chi connectivity index (χ1n) is 4.89. The van der Waals surface area contributed by atoms with Crippen molar-refractivity contribution in [2.24, 2.45) is 0 Å². The number of phenolic OH excluding ortho intramolecular Hbond substituents is 1. The van der Waals surface area contributed by atoms with Crippen LogP contribution in [0.4, 0.5) is 4.39 Å². The molecule has 0 aliphatic carbocycles. The first kappa shape index (κ1) is 11.1. The van der Waals surface area contributed by atoms with E-state index in [-0.39, 0.29) is 11.3 Å². The van der Waals surface area contributed by atoms with Crippen LogP contribution in [-0.4, -0.2) is 16.2 Å². The standard InChI is InChI=1S/C13H9FO3/c14-11-5-10(6-12(15)7-11)8-2-1-3-9(4-8)13(16)17/h1-7,15H,(H,16,17). The molecular weight excluding hydrogens is 223 g/mol. The van der Waals surface area contributed by atoms with Crippen LogP contribution >= 0.6 is 0 Å². The van der Waals surface area contributed by atoms with Crippen molar-refractivity contribution in [3.63, 3.8) is 0 Å². The molecule has 2 rings (SSSR count). The van der Waals surface area contributed by atoms with E-state index in [4.69, 9.17) is 5.11 Å². The van der Waals surface area contributed by atoms with Crippen molar-refractivity contribution < 1.29 is 19.4 Å². The minimum absolute atomic E-state index is 0.117. The van der Waals surface area contributed by atoms with Crippen LogP contribution in [-0.2, 0) is 0 Å². The predicted molar refractivity (Wildman–Crippen MR) is 60.5 cm³/mol. The SMILES string of the molecule is O=C(O)c1cccc(-c2cc(O)cc(F)c2)c1. The summed E-state index contributed by atoms with van der Waals surface area (Å²) in [5.74, 6) is -1.81. The van der Waals surface area contributed by atoms with E-state index in [9.17, 15) is 14.3 Å². The van der Waals surface area contributed by atoms with Crippen molar-refractivity contribution in [1.29, 1.82) is 0 Å². The second-order valence-electron chi connectivity index (χ2n) is 3.58. The summed E-state index contributed by atoms with van der Waals surface area (Å²) in [7, 11) is 0. The van der Waals surface area contributed by atoms with Crippen molar-refractivity contribution in [3.05, 3.63) is 53.8 Å². The molecule has 17 heavy (non-hydrogen) atoms. The summed E-state index contributed by atoms with van der Waals surface area (Å²) in [6, 6.07) is 9.71. The maximum atomic E-state index is 13.1. The van der Waals surface area contributed by atoms with E-state index in [1.165, 1.54) is 24.3 Å². The summed E-state index contributed by atoms with van der Waals surface area (Å²) in [6.45, 7) is 0. The Morgan fingerprint density at radius 2 is 1.82 bits per heavy atom. The second kappa shape index (κ2) is 4.25. The van der Waals surface area contributed by atoms with Gasteiger partial charge in [-0.2, -0.15) is 0 Å². The molecule has 0 fully saturated rings. The number of phenols is 1. The van der Waals surface area contributed by atoms with Gasteiger partial charge in [0.1, 0.15) is 11.6 Å². The quantitative estimate of drug-likeness (QED) is 0.836. The maximum absolute atomic E-state index is 13.1. The highest BCUT2D eigenvalue weighted by atomic mass is 19.1. The van der Waals surface area contributed by atoms with Crippen molar-refractivity contribution in [3.8, 4) is 16.9 Å². The minimum Gasteiger partial charge on any atom is -0.508 e. The number of carbonyl (C=O) groups is 1. The molecule has 0 saturated heterocycles. The minimum atomic E-state index is -1.05. The number of halogens is 1. The smallest absolute Gasteiger partial charge is 0.335 e. The van der Waals surface area contributed by atoms with Gasteiger partial charge in [0.15, 0.2) is 0 Å². The molecule has 2 aromatic rings. The van der Waals surface area contributed by atoms with Crippen LogP contribution in [0.3, 0.4) is 0 Å². The van der Waals surface area contributed by atoms with E-state index in [1.54, 1.807) is 12.1 Å². The van der Waals surface area contributed by atoms with E-state index in [0.717, 1.165) is 6.07 Å². The molecule has 3 nitrogen and oxygen atoms in total. The van der Waals surface area contributed by atoms with Crippen LogP contribution in [0.2, 0.25) is 0 Å². The van der Waals surface area contributed by atoms with Gasteiger partial charge in [-0.15, -0.1) is 0 Å². The lowest BCUT2D eigenvalue weighted by molar-refractivity contribution is 0.0697. The first-order chi connectivity index (χ1) is 8.06. The van der Waals surface area contributed by atoms with Gasteiger partial charge in [0.2, 0.25) is 0 Å². The third-order valence-electron chi connectivity index (χ3n) is 2.33. The first-order valence-corrected chi connectivity index (χ1v) is 4.89. The Kier molecular flexibility index (Phi) is 2.78. The zero-order valence-electron chi connectivity index (χ0n) is 8.72. The molecule has 0 atom stereocenters. The highest BCUT2D eigenvalue weighted by Crippen LogP contribution is 2.25. The van der Waals surface area contributed by atoms with Gasteiger partial charge in [-0.05, 0) is 35.4 Å². The average molecular weight is 232 g/mol. The van der Waals surface area contributed by atoms with Crippen molar-refractivity contribution in [2.75, 3.05) is 0 Å². The van der Waals surface area contributed by atoms with E-state index >= 15 is 0 Å². The summed E-state index contributed by atoms with van der Waals surface area (Å²) in [5, 5.41) is 18.1. The Balaban J connectivity index is 2.52. The van der Waals surface area contributed by atoms with Crippen LogP contribution in [0, 0.1) is 5.82 Å². The molecule has 0 heterocycles. The zero-order valence-corrected chi connectivity index (χ0v) is 8.72. The Bertz CT molecular complexity index is 558. The number of aromatic carboxylic acids is 1. The lowest BCUT2D eigenvalue weighted by Gasteiger charge is -2.04. The summed E-state index contributed by atoms with van der Waals surface area (Å²) >= 11 is 0. The van der Waals surface area contributed by atoms with E-state index in [0.29, 0.717) is 11.1 Å². The van der Waals surface area contributed by atoms with Gasteiger partial charge in [-0.3, -0.25) is 0 Å². The number of hydrogen-bond donors (Lipinski definition) is 2. The number of rotatable bonds is 2. The van der Waals surface area contributed by atoms with Crippen LogP contribution in [0.25, 0.3) is 11.1 Å². The molecule has 2 aromatic carbocycles. The van der Waals surface area contributed by atoms with Crippen LogP contribution in [0.15, 0.2) is 42.5 Å². The molecule has 0 aromatic heterocycles. The molecule has 86 valence electrons. The Morgan fingerprint density at radius 1 is 1.06 bits per heavy atom. The third-order valence-corrected chi connectivity index (χ3v) is 2.33. The molecule has 2 N–H and O–H groups in total. The molecule has 0 amide bonds. The molecule has 0 aliphatic heterocycles. The molecule has 0 bridgehead atoms. The monoisotopic (exact) mass is 232 g/mol. The van der Waals surface area contributed by atoms with Crippen molar-refractivity contribution in [1.82, 2.24) is 0 Å². The fourth-order valence-corrected chi connectivity index (χ4v) is 1.57. The molecule has 0 radical (unpaired) electrons. The van der Waals surface area contributed by atoms with Crippen LogP contribution in [0.5, 0.6) is 5.75 Å². The van der Waals surface area contributed by atoms with Gasteiger partial charge < -0.3 is 10.2 Å². The van der Waals surface area contributed by atoms with Crippen molar-refractivity contribution >= 4 is 5.97 Å². The average Bonchev–Trinajstić information content (AvgIpc) is 2.28. The van der Waals surface area contributed by atoms with Crippen LogP contribution < -0.4 is 0 Å². The molecule has 4 heteroatoms. The van der Waals surface area contributed by atoms with E-state index < -0.39 is 11.8 Å². The Morgan fingerprint density at radius 3 is 2.47 bits per heavy atom. The fraction of sp³-hybridized carbons (Fsp3) is 0. The Labute approximate surface area is 96.8 Å². The molecular formula is C13H9FO3. The lowest BCUT2D eigenvalue weighted by Crippen LogP contribution is -1.95. The highest BCUT2D eigenvalue weighted by Gasteiger charge is 2.06. The fourth-order valence-electron chi connectivity index (χ4n) is 1.57. The largest absolute Gasteiger partial charge is 0.508 e. The summed E-state index contributed by atoms with van der Waals surface area (Å²) in [5.41, 5.74) is 1.09. The van der Waals surface area contributed by atoms with Gasteiger partial charge in [0, 0.05) is 6.07 Å². The van der Waals surface area contributed by atoms with Gasteiger partial charge >= 0.3 is 5.97 Å². The maximum Gasteiger partial charge on any atom is 0.335 e. The molecule has 0 unspecified atom stereocenters. The number of hydrogen-bond acceptors (Lipinski definition) is 2. The Hall–Kier alpha value is -2.36. The number of carboxylic acids is 1. The topological polar surface area (TPSA) is 57.5 Å². The zero-order chi connectivity index (χ0) is 12.4. The number of benzene rings is 2. The second-order valence-corrected chi connectivity index (χ2v) is 3.58. The highest BCUT2D eigenvalue weighted by molar-refractivity contribution is 5.89. The van der Waals surface area contributed by atoms with Gasteiger partial charge in [0.25, 0.3) is 0 Å². The summed E-state index contributed by atoms with van der Waals surface area (Å²) < 4.78 is 13.1. The normalized spacial score (nSPS) is 10.2. The van der Waals surface area contributed by atoms with Crippen LogP contribution in [0.1, 0.15) is 10.4 Å². The predicted octanol–water partition coefficient (Wildman–Crippen LogP) is 2.90. The molecule has 0 spiro atoms. The lowest BCUT2D eigenvalue weighted by atomic mass is 10.0. The van der Waals surface area contributed by atoms with E-state index in [1.807, 2.05) is 0 Å². The van der Waals surface area contributed by atoms with Gasteiger partial charge in [-0.25, -0.2) is 9.18 Å². The number of aromatic hydroxyl groups is 1.